The van der Waals surface area contributed by atoms with Gasteiger partial charge in [-0.2, -0.15) is 0 Å². The maximum Gasteiger partial charge on any atom is 0.262 e. The Labute approximate surface area is 184 Å². The first kappa shape index (κ1) is 21.2. The normalized spacial score (nSPS) is 10.9. The highest BCUT2D eigenvalue weighted by Crippen LogP contribution is 2.34. The first-order valence-electron chi connectivity index (χ1n) is 8.69. The van der Waals surface area contributed by atoms with E-state index in [-0.39, 0.29) is 28.3 Å². The summed E-state index contributed by atoms with van der Waals surface area (Å²) >= 11 is 18.7. The Kier molecular flexibility index (Phi) is 7.15. The summed E-state index contributed by atoms with van der Waals surface area (Å²) in [6, 6.07) is 18.0. The lowest BCUT2D eigenvalue weighted by Gasteiger charge is -2.11. The summed E-state index contributed by atoms with van der Waals surface area (Å²) in [6.07, 6.45) is 1.63. The van der Waals surface area contributed by atoms with Crippen molar-refractivity contribution in [2.24, 2.45) is 4.99 Å². The number of aliphatic imine (C=N–C) groups is 1. The molecule has 4 nitrogen and oxygen atoms in total. The zero-order chi connectivity index (χ0) is 20.8. The van der Waals surface area contributed by atoms with Crippen LogP contribution < -0.4 is 10.1 Å². The molecule has 3 aromatic carbocycles. The highest BCUT2D eigenvalue weighted by atomic mass is 35.5. The molecule has 3 aromatic rings. The molecule has 0 aromatic heterocycles. The van der Waals surface area contributed by atoms with Crippen molar-refractivity contribution < 1.29 is 9.53 Å². The molecular weight excluding hydrogens is 431 g/mol. The molecule has 1 amide bonds. The summed E-state index contributed by atoms with van der Waals surface area (Å²) in [5, 5.41) is 3.94. The number of nitrogens with one attached hydrogen (secondary N) is 1. The fraction of sp³-hybridized carbons (Fsp3) is 0.0909. The number of halogens is 3. The monoisotopic (exact) mass is 446 g/mol. The van der Waals surface area contributed by atoms with Crippen LogP contribution in [0.4, 0.5) is 11.4 Å². The predicted molar refractivity (Wildman–Crippen MR) is 120 cm³/mol. The third-order valence-electron chi connectivity index (χ3n) is 3.94. The van der Waals surface area contributed by atoms with Gasteiger partial charge in [0.15, 0.2) is 12.4 Å². The van der Waals surface area contributed by atoms with E-state index < -0.39 is 0 Å². The van der Waals surface area contributed by atoms with E-state index >= 15 is 0 Å². The van der Waals surface area contributed by atoms with Crippen molar-refractivity contribution in [2.75, 3.05) is 11.9 Å². The minimum atomic E-state index is -0.315. The average molecular weight is 448 g/mol. The highest BCUT2D eigenvalue weighted by molar-refractivity contribution is 6.37. The fourth-order valence-electron chi connectivity index (χ4n) is 2.46. The average Bonchev–Trinajstić information content (AvgIpc) is 2.69. The van der Waals surface area contributed by atoms with Crippen LogP contribution in [-0.2, 0) is 4.79 Å². The number of ether oxygens (including phenoxy) is 1. The Morgan fingerprint density at radius 1 is 1.00 bits per heavy atom. The number of carbonyl (C=O) groups is 1. The van der Waals surface area contributed by atoms with Gasteiger partial charge in [0.25, 0.3) is 5.91 Å². The Balaban J connectivity index is 1.66. The summed E-state index contributed by atoms with van der Waals surface area (Å²) in [5.74, 6) is -0.0719. The lowest BCUT2D eigenvalue weighted by atomic mass is 10.2. The molecule has 0 aliphatic heterocycles. The molecule has 0 spiro atoms. The molecule has 29 heavy (non-hydrogen) atoms. The molecule has 0 unspecified atom stereocenters. The Morgan fingerprint density at radius 3 is 2.34 bits per heavy atom. The second kappa shape index (κ2) is 9.79. The first-order chi connectivity index (χ1) is 13.9. The van der Waals surface area contributed by atoms with Crippen molar-refractivity contribution in [3.8, 4) is 5.75 Å². The topological polar surface area (TPSA) is 50.7 Å². The minimum Gasteiger partial charge on any atom is -0.481 e. The van der Waals surface area contributed by atoms with Gasteiger partial charge in [0.05, 0.1) is 15.7 Å². The minimum absolute atomic E-state index is 0.219. The van der Waals surface area contributed by atoms with E-state index in [4.69, 9.17) is 39.5 Å². The molecule has 0 atom stereocenters. The van der Waals surface area contributed by atoms with Gasteiger partial charge in [0.1, 0.15) is 0 Å². The van der Waals surface area contributed by atoms with E-state index in [0.29, 0.717) is 22.0 Å². The molecular formula is C22H17Cl3N2O2. The van der Waals surface area contributed by atoms with E-state index in [0.717, 1.165) is 5.56 Å². The molecule has 0 aliphatic rings. The largest absolute Gasteiger partial charge is 0.481 e. The van der Waals surface area contributed by atoms with Crippen molar-refractivity contribution in [1.29, 1.82) is 0 Å². The second-order valence-corrected chi connectivity index (χ2v) is 7.43. The number of nitrogens with zero attached hydrogens (tertiary/aromatic N) is 1. The summed E-state index contributed by atoms with van der Waals surface area (Å²) in [5.41, 5.74) is 3.07. The Morgan fingerprint density at radius 2 is 1.69 bits per heavy atom. The molecule has 0 fully saturated rings. The van der Waals surface area contributed by atoms with E-state index in [9.17, 15) is 4.79 Å². The van der Waals surface area contributed by atoms with E-state index in [1.165, 1.54) is 0 Å². The highest BCUT2D eigenvalue weighted by Gasteiger charge is 2.12. The van der Waals surface area contributed by atoms with Crippen LogP contribution in [0.5, 0.6) is 5.75 Å². The summed E-state index contributed by atoms with van der Waals surface area (Å²) in [7, 11) is 0. The number of rotatable bonds is 6. The third kappa shape index (κ3) is 5.97. The lowest BCUT2D eigenvalue weighted by Crippen LogP contribution is -2.20. The van der Waals surface area contributed by atoms with Crippen LogP contribution in [0.2, 0.25) is 15.1 Å². The summed E-state index contributed by atoms with van der Waals surface area (Å²) < 4.78 is 5.51. The number of carbonyl (C=O) groups excluding carboxylic acids is 1. The Hall–Kier alpha value is -2.53. The van der Waals surface area contributed by atoms with Gasteiger partial charge in [0.2, 0.25) is 0 Å². The number of amides is 1. The molecule has 0 heterocycles. The number of anilines is 1. The summed E-state index contributed by atoms with van der Waals surface area (Å²) in [6.45, 7) is 1.71. The molecule has 3 rings (SSSR count). The van der Waals surface area contributed by atoms with E-state index in [2.05, 4.69) is 10.3 Å². The van der Waals surface area contributed by atoms with Gasteiger partial charge in [-0.25, -0.2) is 0 Å². The first-order valence-corrected chi connectivity index (χ1v) is 9.83. The number of para-hydroxylation sites is 1. The van der Waals surface area contributed by atoms with Crippen LogP contribution >= 0.6 is 34.8 Å². The fourth-order valence-corrected chi connectivity index (χ4v) is 3.25. The molecule has 148 valence electrons. The van der Waals surface area contributed by atoms with Gasteiger partial charge in [-0.1, -0.05) is 59.1 Å². The Bertz CT molecular complexity index is 1030. The smallest absolute Gasteiger partial charge is 0.262 e. The standard InChI is InChI=1S/C22H17Cl3N2O2/c1-14-7-8-17(11-18(14)23)26-12-15-9-19(24)22(20(25)10-15)29-13-21(28)27-16-5-3-2-4-6-16/h2-12H,13H2,1H3,(H,27,28). The quantitative estimate of drug-likeness (QED) is 0.426. The van der Waals surface area contributed by atoms with Gasteiger partial charge in [-0.3, -0.25) is 9.79 Å². The number of aryl methyl sites for hydroxylation is 1. The zero-order valence-electron chi connectivity index (χ0n) is 15.5. The lowest BCUT2D eigenvalue weighted by molar-refractivity contribution is -0.118. The van der Waals surface area contributed by atoms with Crippen LogP contribution in [0, 0.1) is 6.92 Å². The molecule has 0 saturated heterocycles. The van der Waals surface area contributed by atoms with Crippen molar-refractivity contribution >= 4 is 58.3 Å². The SMILES string of the molecule is Cc1ccc(N=Cc2cc(Cl)c(OCC(=O)Nc3ccccc3)c(Cl)c2)cc1Cl. The van der Waals surface area contributed by atoms with Gasteiger partial charge >= 0.3 is 0 Å². The third-order valence-corrected chi connectivity index (χ3v) is 4.91. The zero-order valence-corrected chi connectivity index (χ0v) is 17.7. The van der Waals surface area contributed by atoms with Crippen molar-refractivity contribution in [3.63, 3.8) is 0 Å². The molecule has 0 radical (unpaired) electrons. The van der Waals surface area contributed by atoms with Gasteiger partial charge in [-0.05, 0) is 54.4 Å². The van der Waals surface area contributed by atoms with Gasteiger partial charge in [0, 0.05) is 16.9 Å². The van der Waals surface area contributed by atoms with Crippen LogP contribution in [0.1, 0.15) is 11.1 Å². The molecule has 7 heteroatoms. The van der Waals surface area contributed by atoms with Crippen LogP contribution in [0.3, 0.4) is 0 Å². The van der Waals surface area contributed by atoms with Crippen LogP contribution in [-0.4, -0.2) is 18.7 Å². The number of hydrogen-bond donors (Lipinski definition) is 1. The van der Waals surface area contributed by atoms with Crippen molar-refractivity contribution in [3.05, 3.63) is 86.9 Å². The second-order valence-electron chi connectivity index (χ2n) is 6.21. The summed E-state index contributed by atoms with van der Waals surface area (Å²) in [4.78, 5) is 16.4. The molecule has 0 bridgehead atoms. The van der Waals surface area contributed by atoms with Crippen molar-refractivity contribution in [1.82, 2.24) is 0 Å². The van der Waals surface area contributed by atoms with Crippen molar-refractivity contribution in [2.45, 2.75) is 6.92 Å². The van der Waals surface area contributed by atoms with Crippen LogP contribution in [0.15, 0.2) is 65.7 Å². The van der Waals surface area contributed by atoms with Crippen LogP contribution in [0.25, 0.3) is 0 Å². The maximum atomic E-state index is 12.0. The molecule has 1 N–H and O–H groups in total. The predicted octanol–water partition coefficient (Wildman–Crippen LogP) is 6.72. The number of hydrogen-bond acceptors (Lipinski definition) is 3. The van der Waals surface area contributed by atoms with Gasteiger partial charge < -0.3 is 10.1 Å². The van der Waals surface area contributed by atoms with E-state index in [1.807, 2.05) is 37.3 Å². The van der Waals surface area contributed by atoms with E-state index in [1.54, 1.807) is 36.5 Å². The maximum absolute atomic E-state index is 12.0. The number of benzene rings is 3. The molecule has 0 saturated carbocycles. The molecule has 0 aliphatic carbocycles. The van der Waals surface area contributed by atoms with Gasteiger partial charge in [-0.15, -0.1) is 0 Å².